The van der Waals surface area contributed by atoms with Gasteiger partial charge in [0.1, 0.15) is 0 Å². The van der Waals surface area contributed by atoms with E-state index in [0.717, 1.165) is 19.3 Å². The summed E-state index contributed by atoms with van der Waals surface area (Å²) in [5.41, 5.74) is 0. The van der Waals surface area contributed by atoms with E-state index in [-0.39, 0.29) is 36.3 Å². The predicted molar refractivity (Wildman–Crippen MR) is 63.7 cm³/mol. The van der Waals surface area contributed by atoms with Gasteiger partial charge in [-0.3, -0.25) is 9.59 Å². The highest BCUT2D eigenvalue weighted by molar-refractivity contribution is 7.91. The lowest BCUT2D eigenvalue weighted by atomic mass is 9.84. The lowest BCUT2D eigenvalue weighted by Crippen LogP contribution is -2.54. The zero-order valence-electron chi connectivity index (χ0n) is 10.0. The van der Waals surface area contributed by atoms with E-state index in [4.69, 9.17) is 5.11 Å². The molecule has 2 fully saturated rings. The van der Waals surface area contributed by atoms with Gasteiger partial charge in [0.15, 0.2) is 9.84 Å². The number of amides is 1. The van der Waals surface area contributed by atoms with E-state index in [1.54, 1.807) is 0 Å². The molecule has 0 bridgehead atoms. The van der Waals surface area contributed by atoms with Gasteiger partial charge in [0, 0.05) is 12.5 Å². The number of hydrogen-bond donors (Lipinski definition) is 1. The van der Waals surface area contributed by atoms with Crippen LogP contribution in [0.3, 0.4) is 0 Å². The Morgan fingerprint density at radius 2 is 1.94 bits per heavy atom. The Hall–Kier alpha value is -1.11. The summed E-state index contributed by atoms with van der Waals surface area (Å²) in [6.45, 7) is 0.135. The van der Waals surface area contributed by atoms with Gasteiger partial charge in [0.25, 0.3) is 0 Å². The summed E-state index contributed by atoms with van der Waals surface area (Å²) >= 11 is 0. The summed E-state index contributed by atoms with van der Waals surface area (Å²) in [7, 11) is -3.22. The van der Waals surface area contributed by atoms with Crippen LogP contribution in [0.15, 0.2) is 0 Å². The third kappa shape index (κ3) is 2.82. The lowest BCUT2D eigenvalue weighted by Gasteiger charge is -2.39. The van der Waals surface area contributed by atoms with E-state index in [1.165, 1.54) is 4.90 Å². The van der Waals surface area contributed by atoms with Gasteiger partial charge >= 0.3 is 5.97 Å². The second-order valence-corrected chi connectivity index (χ2v) is 7.25. The number of nitrogens with zero attached hydrogens (tertiary/aromatic N) is 1. The van der Waals surface area contributed by atoms with Crippen LogP contribution in [-0.4, -0.2) is 54.4 Å². The van der Waals surface area contributed by atoms with Crippen LogP contribution in [0.25, 0.3) is 0 Å². The molecule has 0 spiro atoms. The highest BCUT2D eigenvalue weighted by Crippen LogP contribution is 2.30. The van der Waals surface area contributed by atoms with Crippen molar-refractivity contribution in [2.45, 2.75) is 31.7 Å². The molecule has 18 heavy (non-hydrogen) atoms. The highest BCUT2D eigenvalue weighted by Gasteiger charge is 2.39. The molecule has 1 aliphatic heterocycles. The summed E-state index contributed by atoms with van der Waals surface area (Å²) in [4.78, 5) is 24.4. The van der Waals surface area contributed by atoms with Gasteiger partial charge in [-0.2, -0.15) is 0 Å². The first kappa shape index (κ1) is 13.3. The van der Waals surface area contributed by atoms with Crippen LogP contribution in [0, 0.1) is 5.92 Å². The second kappa shape index (κ2) is 4.87. The number of carboxylic acids is 1. The Morgan fingerprint density at radius 1 is 1.28 bits per heavy atom. The molecule has 1 heterocycles. The second-order valence-electron chi connectivity index (χ2n) is 5.03. The fraction of sp³-hybridized carbons (Fsp3) is 0.818. The molecule has 0 aromatic carbocycles. The van der Waals surface area contributed by atoms with E-state index in [2.05, 4.69) is 0 Å². The maximum atomic E-state index is 12.1. The SMILES string of the molecule is O=C(O)CC1CS(=O)(=O)CCN1C(=O)C1CCC1. The van der Waals surface area contributed by atoms with Crippen molar-refractivity contribution in [3.63, 3.8) is 0 Å². The van der Waals surface area contributed by atoms with Gasteiger partial charge < -0.3 is 10.0 Å². The van der Waals surface area contributed by atoms with Crippen LogP contribution >= 0.6 is 0 Å². The predicted octanol–water partition coefficient (Wildman–Crippen LogP) is -0.113. The number of hydrogen-bond acceptors (Lipinski definition) is 4. The molecule has 1 saturated heterocycles. The zero-order valence-corrected chi connectivity index (χ0v) is 10.9. The molecule has 102 valence electrons. The molecule has 2 aliphatic rings. The Labute approximate surface area is 106 Å². The van der Waals surface area contributed by atoms with Gasteiger partial charge in [-0.1, -0.05) is 6.42 Å². The fourth-order valence-electron chi connectivity index (χ4n) is 2.44. The summed E-state index contributed by atoms with van der Waals surface area (Å²) < 4.78 is 23.1. The van der Waals surface area contributed by atoms with Crippen molar-refractivity contribution in [3.05, 3.63) is 0 Å². The Morgan fingerprint density at radius 3 is 2.44 bits per heavy atom. The average Bonchev–Trinajstić information content (AvgIpc) is 2.11. The number of carboxylic acid groups (broad SMARTS) is 1. The van der Waals surface area contributed by atoms with E-state index in [9.17, 15) is 18.0 Å². The average molecular weight is 275 g/mol. The number of carbonyl (C=O) groups excluding carboxylic acids is 1. The largest absolute Gasteiger partial charge is 0.481 e. The van der Waals surface area contributed by atoms with Crippen molar-refractivity contribution in [3.8, 4) is 0 Å². The van der Waals surface area contributed by atoms with Gasteiger partial charge in [-0.05, 0) is 12.8 Å². The minimum absolute atomic E-state index is 0.0258. The summed E-state index contributed by atoms with van der Waals surface area (Å²) in [6, 6.07) is -0.700. The van der Waals surface area contributed by atoms with Crippen LogP contribution in [0.4, 0.5) is 0 Å². The topological polar surface area (TPSA) is 91.8 Å². The minimum Gasteiger partial charge on any atom is -0.481 e. The standard InChI is InChI=1S/C11H17NO5S/c13-10(14)6-9-7-18(16,17)5-4-12(9)11(15)8-2-1-3-8/h8-9H,1-7H2,(H,13,14). The number of aliphatic carboxylic acids is 1. The van der Waals surface area contributed by atoms with Crippen molar-refractivity contribution < 1.29 is 23.1 Å². The molecule has 0 radical (unpaired) electrons. The first-order chi connectivity index (χ1) is 8.39. The zero-order chi connectivity index (χ0) is 13.3. The number of sulfone groups is 1. The quantitative estimate of drug-likeness (QED) is 0.775. The molecular weight excluding hydrogens is 258 g/mol. The van der Waals surface area contributed by atoms with Crippen molar-refractivity contribution in [1.82, 2.24) is 4.90 Å². The lowest BCUT2D eigenvalue weighted by molar-refractivity contribution is -0.143. The molecule has 2 rings (SSSR count). The van der Waals surface area contributed by atoms with Gasteiger partial charge in [-0.15, -0.1) is 0 Å². The molecule has 1 amide bonds. The molecule has 0 aromatic rings. The first-order valence-electron chi connectivity index (χ1n) is 6.12. The minimum atomic E-state index is -3.22. The molecule has 1 saturated carbocycles. The fourth-order valence-corrected chi connectivity index (χ4v) is 3.96. The Balaban J connectivity index is 2.10. The molecule has 1 unspecified atom stereocenters. The highest BCUT2D eigenvalue weighted by atomic mass is 32.2. The van der Waals surface area contributed by atoms with Crippen molar-refractivity contribution >= 4 is 21.7 Å². The third-order valence-corrected chi connectivity index (χ3v) is 5.38. The first-order valence-corrected chi connectivity index (χ1v) is 7.94. The van der Waals surface area contributed by atoms with Crippen LogP contribution in [0.1, 0.15) is 25.7 Å². The smallest absolute Gasteiger partial charge is 0.305 e. The summed E-state index contributed by atoms with van der Waals surface area (Å²) in [5, 5.41) is 8.81. The molecule has 6 nitrogen and oxygen atoms in total. The van der Waals surface area contributed by atoms with E-state index in [1.807, 2.05) is 0 Å². The van der Waals surface area contributed by atoms with Gasteiger partial charge in [-0.25, -0.2) is 8.42 Å². The van der Waals surface area contributed by atoms with Crippen LogP contribution < -0.4 is 0 Å². The van der Waals surface area contributed by atoms with Crippen molar-refractivity contribution in [2.75, 3.05) is 18.1 Å². The van der Waals surface area contributed by atoms with E-state index in [0.29, 0.717) is 0 Å². The monoisotopic (exact) mass is 275 g/mol. The molecule has 0 aromatic heterocycles. The van der Waals surface area contributed by atoms with Crippen molar-refractivity contribution in [1.29, 1.82) is 0 Å². The number of rotatable bonds is 3. The molecular formula is C11H17NO5S. The van der Waals surface area contributed by atoms with Crippen molar-refractivity contribution in [2.24, 2.45) is 5.92 Å². The maximum Gasteiger partial charge on any atom is 0.305 e. The van der Waals surface area contributed by atoms with E-state index >= 15 is 0 Å². The Bertz CT molecular complexity index is 454. The van der Waals surface area contributed by atoms with Gasteiger partial charge in [0.05, 0.1) is 24.0 Å². The molecule has 7 heteroatoms. The van der Waals surface area contributed by atoms with Crippen LogP contribution in [-0.2, 0) is 19.4 Å². The van der Waals surface area contributed by atoms with Crippen LogP contribution in [0.5, 0.6) is 0 Å². The molecule has 1 atom stereocenters. The molecule has 1 N–H and O–H groups in total. The normalized spacial score (nSPS) is 27.6. The third-order valence-electron chi connectivity index (χ3n) is 3.68. The molecule has 1 aliphatic carbocycles. The summed E-state index contributed by atoms with van der Waals surface area (Å²) in [6.07, 6.45) is 2.40. The number of carbonyl (C=O) groups is 2. The van der Waals surface area contributed by atoms with E-state index < -0.39 is 21.8 Å². The van der Waals surface area contributed by atoms with Crippen LogP contribution in [0.2, 0.25) is 0 Å². The Kier molecular flexibility index (Phi) is 3.61. The maximum absolute atomic E-state index is 12.1. The summed E-state index contributed by atoms with van der Waals surface area (Å²) in [5.74, 6) is -1.44. The van der Waals surface area contributed by atoms with Gasteiger partial charge in [0.2, 0.25) is 5.91 Å².